The van der Waals surface area contributed by atoms with Gasteiger partial charge in [0.2, 0.25) is 11.6 Å². The second-order valence-electron chi connectivity index (χ2n) is 10.4. The summed E-state index contributed by atoms with van der Waals surface area (Å²) < 4.78 is 22.0. The van der Waals surface area contributed by atoms with Gasteiger partial charge in [0.1, 0.15) is 5.75 Å². The third kappa shape index (κ3) is 8.07. The number of carbonyl (C=O) groups excluding carboxylic acids is 1. The highest BCUT2D eigenvalue weighted by Crippen LogP contribution is 2.27. The summed E-state index contributed by atoms with van der Waals surface area (Å²) in [6, 6.07) is 11.1. The molecule has 0 amide bonds. The van der Waals surface area contributed by atoms with E-state index in [9.17, 15) is 9.59 Å². The van der Waals surface area contributed by atoms with Crippen molar-refractivity contribution in [1.82, 2.24) is 4.98 Å². The number of pyridine rings is 1. The van der Waals surface area contributed by atoms with Gasteiger partial charge in [-0.3, -0.25) is 4.79 Å². The second kappa shape index (κ2) is 14.0. The van der Waals surface area contributed by atoms with Crippen molar-refractivity contribution in [3.8, 4) is 22.8 Å². The van der Waals surface area contributed by atoms with E-state index >= 15 is 0 Å². The minimum atomic E-state index is -0.432. The number of unbranched alkanes of at least 4 members (excludes halogenated alkanes) is 6. The summed E-state index contributed by atoms with van der Waals surface area (Å²) in [5.74, 6) is 1.09. The smallest absolute Gasteiger partial charge is 0.345 e. The molecule has 7 nitrogen and oxygen atoms in total. The van der Waals surface area contributed by atoms with Crippen LogP contribution in [0.4, 0.5) is 0 Å². The van der Waals surface area contributed by atoms with Crippen LogP contribution in [0.1, 0.15) is 77.7 Å². The molecule has 0 N–H and O–H groups in total. The second-order valence-corrected chi connectivity index (χ2v) is 10.4. The highest BCUT2D eigenvalue weighted by molar-refractivity contribution is 5.80. The molecule has 0 aliphatic carbocycles. The normalized spacial score (nSPS) is 11.5. The number of hydrogen-bond donors (Lipinski definition) is 0. The van der Waals surface area contributed by atoms with E-state index in [1.165, 1.54) is 0 Å². The van der Waals surface area contributed by atoms with Crippen molar-refractivity contribution in [3.05, 3.63) is 52.4 Å². The molecule has 0 unspecified atom stereocenters. The van der Waals surface area contributed by atoms with E-state index in [-0.39, 0.29) is 11.7 Å². The molecule has 7 heteroatoms. The summed E-state index contributed by atoms with van der Waals surface area (Å²) in [5.41, 5.74) is 1.68. The van der Waals surface area contributed by atoms with Crippen LogP contribution >= 0.6 is 0 Å². The average molecular weight is 524 g/mol. The van der Waals surface area contributed by atoms with Crippen LogP contribution in [-0.2, 0) is 9.53 Å². The number of aromatic nitrogens is 1. The van der Waals surface area contributed by atoms with Crippen molar-refractivity contribution in [2.75, 3.05) is 20.3 Å². The Labute approximate surface area is 225 Å². The van der Waals surface area contributed by atoms with Crippen molar-refractivity contribution in [3.63, 3.8) is 0 Å². The Morgan fingerprint density at radius 2 is 1.61 bits per heavy atom. The highest BCUT2D eigenvalue weighted by Gasteiger charge is 2.26. The van der Waals surface area contributed by atoms with Gasteiger partial charge in [-0.1, -0.05) is 45.1 Å². The molecule has 0 aliphatic heterocycles. The van der Waals surface area contributed by atoms with E-state index in [1.807, 2.05) is 58.0 Å². The molecule has 2 aromatic heterocycles. The van der Waals surface area contributed by atoms with Gasteiger partial charge in [-0.25, -0.2) is 4.79 Å². The van der Waals surface area contributed by atoms with E-state index in [0.29, 0.717) is 24.7 Å². The lowest BCUT2D eigenvalue weighted by molar-refractivity contribution is -0.154. The molecular weight excluding hydrogens is 482 g/mol. The van der Waals surface area contributed by atoms with Crippen molar-refractivity contribution in [2.24, 2.45) is 5.41 Å². The number of fused-ring (bicyclic) bond motifs is 1. The van der Waals surface area contributed by atoms with Crippen molar-refractivity contribution < 1.29 is 23.4 Å². The fourth-order valence-electron chi connectivity index (χ4n) is 4.09. The lowest BCUT2D eigenvalue weighted by atomic mass is 9.91. The number of ether oxygens (including phenoxy) is 3. The van der Waals surface area contributed by atoms with Crippen LogP contribution in [0.25, 0.3) is 22.2 Å². The van der Waals surface area contributed by atoms with Gasteiger partial charge in [0, 0.05) is 11.5 Å². The number of nitrogens with zero attached hydrogens (tertiary/aromatic N) is 1. The largest absolute Gasteiger partial charge is 0.497 e. The third-order valence-corrected chi connectivity index (χ3v) is 7.01. The molecule has 0 spiro atoms. The molecule has 1 aromatic carbocycles. The van der Waals surface area contributed by atoms with E-state index in [4.69, 9.17) is 18.6 Å². The Kier molecular flexibility index (Phi) is 10.7. The SMILES string of the molecule is CCC(C)(C)C(=O)OCCCCCCCCCOc1ccc2cc(-c3ccc(OC)cc3C)c(=O)oc2n1. The van der Waals surface area contributed by atoms with Gasteiger partial charge in [-0.2, -0.15) is 4.98 Å². The number of carbonyl (C=O) groups is 1. The van der Waals surface area contributed by atoms with E-state index in [2.05, 4.69) is 4.98 Å². The number of methoxy groups -OCH3 is 1. The van der Waals surface area contributed by atoms with Gasteiger partial charge >= 0.3 is 11.6 Å². The molecule has 0 aliphatic rings. The van der Waals surface area contributed by atoms with Crippen LogP contribution in [-0.4, -0.2) is 31.3 Å². The quantitative estimate of drug-likeness (QED) is 0.153. The first-order valence-corrected chi connectivity index (χ1v) is 13.6. The summed E-state index contributed by atoms with van der Waals surface area (Å²) in [6.07, 6.45) is 8.22. The van der Waals surface area contributed by atoms with Gasteiger partial charge < -0.3 is 18.6 Å². The molecular formula is C31H41NO6. The van der Waals surface area contributed by atoms with E-state index in [1.54, 1.807) is 13.2 Å². The monoisotopic (exact) mass is 523 g/mol. The Balaban J connectivity index is 1.37. The lowest BCUT2D eigenvalue weighted by Gasteiger charge is -2.20. The van der Waals surface area contributed by atoms with Crippen LogP contribution in [0.2, 0.25) is 0 Å². The van der Waals surface area contributed by atoms with Crippen LogP contribution < -0.4 is 15.1 Å². The maximum atomic E-state index is 12.7. The van der Waals surface area contributed by atoms with Gasteiger partial charge in [0.15, 0.2) is 0 Å². The zero-order chi connectivity index (χ0) is 27.5. The van der Waals surface area contributed by atoms with Gasteiger partial charge in [-0.05, 0) is 75.4 Å². The number of esters is 1. The van der Waals surface area contributed by atoms with Crippen molar-refractivity contribution in [1.29, 1.82) is 0 Å². The number of aryl methyl sites for hydroxylation is 1. The van der Waals surface area contributed by atoms with Gasteiger partial charge in [-0.15, -0.1) is 0 Å². The van der Waals surface area contributed by atoms with Crippen LogP contribution in [0.15, 0.2) is 45.6 Å². The summed E-state index contributed by atoms with van der Waals surface area (Å²) >= 11 is 0. The lowest BCUT2D eigenvalue weighted by Crippen LogP contribution is -2.26. The number of rotatable bonds is 15. The standard InChI is InChI=1S/C31H41NO6/c1-6-31(3,4)30(34)37-19-13-11-9-7-8-10-12-18-36-27-17-14-23-21-26(29(33)38-28(23)32-27)25-16-15-24(35-5)20-22(25)2/h14-17,20-21H,6-13,18-19H2,1-5H3. The summed E-state index contributed by atoms with van der Waals surface area (Å²) in [4.78, 5) is 29.0. The summed E-state index contributed by atoms with van der Waals surface area (Å²) in [5, 5.41) is 0.742. The maximum absolute atomic E-state index is 12.7. The third-order valence-electron chi connectivity index (χ3n) is 7.01. The van der Waals surface area contributed by atoms with Crippen LogP contribution in [0.3, 0.4) is 0 Å². The molecule has 2 heterocycles. The minimum absolute atomic E-state index is 0.101. The molecule has 206 valence electrons. The average Bonchev–Trinajstić information content (AvgIpc) is 2.91. The first-order valence-electron chi connectivity index (χ1n) is 13.6. The topological polar surface area (TPSA) is 87.9 Å². The highest BCUT2D eigenvalue weighted by atomic mass is 16.5. The van der Waals surface area contributed by atoms with Crippen LogP contribution in [0.5, 0.6) is 11.6 Å². The Hall–Kier alpha value is -3.35. The minimum Gasteiger partial charge on any atom is -0.497 e. The van der Waals surface area contributed by atoms with Crippen molar-refractivity contribution >= 4 is 17.1 Å². The molecule has 0 saturated heterocycles. The first kappa shape index (κ1) is 29.2. The molecule has 0 atom stereocenters. The summed E-state index contributed by atoms with van der Waals surface area (Å²) in [7, 11) is 1.62. The molecule has 0 radical (unpaired) electrons. The van der Waals surface area contributed by atoms with Crippen molar-refractivity contribution in [2.45, 2.75) is 79.1 Å². The fourth-order valence-corrected chi connectivity index (χ4v) is 4.09. The van der Waals surface area contributed by atoms with Crippen LogP contribution in [0, 0.1) is 12.3 Å². The number of hydrogen-bond acceptors (Lipinski definition) is 7. The zero-order valence-electron chi connectivity index (χ0n) is 23.4. The van der Waals surface area contributed by atoms with E-state index < -0.39 is 11.0 Å². The molecule has 0 saturated carbocycles. The first-order chi connectivity index (χ1) is 18.2. The Morgan fingerprint density at radius 1 is 0.921 bits per heavy atom. The Morgan fingerprint density at radius 3 is 2.26 bits per heavy atom. The summed E-state index contributed by atoms with van der Waals surface area (Å²) in [6.45, 7) is 8.86. The molecule has 3 aromatic rings. The number of benzene rings is 1. The van der Waals surface area contributed by atoms with Gasteiger partial charge in [0.25, 0.3) is 0 Å². The maximum Gasteiger partial charge on any atom is 0.345 e. The zero-order valence-corrected chi connectivity index (χ0v) is 23.4. The fraction of sp³-hybridized carbons (Fsp3) is 0.516. The Bertz CT molecular complexity index is 1260. The van der Waals surface area contributed by atoms with Gasteiger partial charge in [0.05, 0.1) is 31.3 Å². The molecule has 38 heavy (non-hydrogen) atoms. The predicted octanol–water partition coefficient (Wildman–Crippen LogP) is 7.26. The predicted molar refractivity (Wildman–Crippen MR) is 150 cm³/mol. The van der Waals surface area contributed by atoms with E-state index in [0.717, 1.165) is 73.6 Å². The molecule has 0 bridgehead atoms. The molecule has 0 fully saturated rings. The molecule has 3 rings (SSSR count).